The van der Waals surface area contributed by atoms with Crippen LogP contribution >= 0.6 is 0 Å². The average Bonchev–Trinajstić information content (AvgIpc) is 1.78. The molecule has 0 N–H and O–H groups in total. The van der Waals surface area contributed by atoms with Gasteiger partial charge in [0.15, 0.2) is 16.6 Å². The van der Waals surface area contributed by atoms with Gasteiger partial charge in [0.1, 0.15) is 0 Å². The SMILES string of the molecule is C[Si](C)(C)OCC([O-])O[Si](C)(C)C.[Li+]. The van der Waals surface area contributed by atoms with Crippen molar-refractivity contribution in [2.75, 3.05) is 6.61 Å². The zero-order valence-electron chi connectivity index (χ0n) is 10.5. The third-order valence-corrected chi connectivity index (χ3v) is 3.14. The maximum absolute atomic E-state index is 11.3. The van der Waals surface area contributed by atoms with Crippen LogP contribution in [0.2, 0.25) is 39.3 Å². The molecular formula is C8H21LiO3Si2. The van der Waals surface area contributed by atoms with Crippen LogP contribution < -0.4 is 24.0 Å². The smallest absolute Gasteiger partial charge is 0.830 e. The molecule has 6 heteroatoms. The fourth-order valence-corrected chi connectivity index (χ4v) is 2.24. The van der Waals surface area contributed by atoms with Crippen LogP contribution in [0.25, 0.3) is 0 Å². The van der Waals surface area contributed by atoms with Gasteiger partial charge in [-0.05, 0) is 45.6 Å². The first-order valence-electron chi connectivity index (χ1n) is 4.58. The van der Waals surface area contributed by atoms with E-state index >= 15 is 0 Å². The fourth-order valence-electron chi connectivity index (χ4n) is 0.746. The Hall–Kier alpha value is 0.911. The van der Waals surface area contributed by atoms with Crippen molar-refractivity contribution in [3.63, 3.8) is 0 Å². The van der Waals surface area contributed by atoms with Crippen molar-refractivity contribution in [1.82, 2.24) is 0 Å². The van der Waals surface area contributed by atoms with E-state index in [1.54, 1.807) is 0 Å². The Morgan fingerprint density at radius 1 is 1.00 bits per heavy atom. The minimum absolute atomic E-state index is 0. The van der Waals surface area contributed by atoms with E-state index in [9.17, 15) is 5.11 Å². The van der Waals surface area contributed by atoms with E-state index in [0.29, 0.717) is 0 Å². The Morgan fingerprint density at radius 2 is 1.43 bits per heavy atom. The molecule has 0 fully saturated rings. The first-order chi connectivity index (χ1) is 5.60. The predicted octanol–water partition coefficient (Wildman–Crippen LogP) is -1.62. The molecule has 0 aromatic rings. The first kappa shape index (κ1) is 17.3. The molecule has 0 aromatic carbocycles. The monoisotopic (exact) mass is 228 g/mol. The molecule has 0 amide bonds. The van der Waals surface area contributed by atoms with Gasteiger partial charge in [0.05, 0.1) is 0 Å². The Morgan fingerprint density at radius 3 is 1.71 bits per heavy atom. The van der Waals surface area contributed by atoms with E-state index in [-0.39, 0.29) is 25.5 Å². The van der Waals surface area contributed by atoms with E-state index in [1.165, 1.54) is 0 Å². The molecule has 0 saturated carbocycles. The molecule has 0 aliphatic heterocycles. The molecule has 0 aliphatic rings. The molecule has 14 heavy (non-hydrogen) atoms. The predicted molar refractivity (Wildman–Crippen MR) is 57.5 cm³/mol. The first-order valence-corrected chi connectivity index (χ1v) is 11.4. The van der Waals surface area contributed by atoms with Crippen molar-refractivity contribution in [3.05, 3.63) is 0 Å². The summed E-state index contributed by atoms with van der Waals surface area (Å²) in [5, 5.41) is 11.3. The van der Waals surface area contributed by atoms with Crippen molar-refractivity contribution < 1.29 is 32.8 Å². The second-order valence-corrected chi connectivity index (χ2v) is 14.1. The van der Waals surface area contributed by atoms with E-state index < -0.39 is 22.9 Å². The van der Waals surface area contributed by atoms with Crippen LogP contribution in [0.5, 0.6) is 0 Å². The Balaban J connectivity index is 0. The quantitative estimate of drug-likeness (QED) is 0.419. The minimum Gasteiger partial charge on any atom is -0.830 e. The van der Waals surface area contributed by atoms with E-state index in [2.05, 4.69) is 19.6 Å². The van der Waals surface area contributed by atoms with Gasteiger partial charge in [-0.15, -0.1) is 0 Å². The van der Waals surface area contributed by atoms with Gasteiger partial charge in [0, 0.05) is 6.61 Å². The molecule has 80 valence electrons. The van der Waals surface area contributed by atoms with Gasteiger partial charge in [0.25, 0.3) is 0 Å². The van der Waals surface area contributed by atoms with Crippen LogP contribution in [0, 0.1) is 0 Å². The molecule has 0 radical (unpaired) electrons. The van der Waals surface area contributed by atoms with Gasteiger partial charge >= 0.3 is 18.9 Å². The summed E-state index contributed by atoms with van der Waals surface area (Å²) in [6, 6.07) is 0. The molecule has 3 nitrogen and oxygen atoms in total. The summed E-state index contributed by atoms with van der Waals surface area (Å²) in [5.74, 6) is 0. The van der Waals surface area contributed by atoms with Crippen molar-refractivity contribution in [1.29, 1.82) is 0 Å². The van der Waals surface area contributed by atoms with Crippen LogP contribution in [0.15, 0.2) is 0 Å². The normalized spacial score (nSPS) is 14.8. The van der Waals surface area contributed by atoms with Gasteiger partial charge in [-0.1, -0.05) is 0 Å². The zero-order chi connectivity index (χ0) is 10.7. The third-order valence-electron chi connectivity index (χ3n) is 1.14. The summed E-state index contributed by atoms with van der Waals surface area (Å²) in [6.45, 7) is 12.4. The summed E-state index contributed by atoms with van der Waals surface area (Å²) in [6.07, 6.45) is -1.00. The van der Waals surface area contributed by atoms with Crippen LogP contribution in [0.4, 0.5) is 0 Å². The van der Waals surface area contributed by atoms with Crippen LogP contribution in [-0.4, -0.2) is 29.5 Å². The van der Waals surface area contributed by atoms with Crippen molar-refractivity contribution in [2.24, 2.45) is 0 Å². The molecule has 0 rings (SSSR count). The van der Waals surface area contributed by atoms with E-state index in [0.717, 1.165) is 0 Å². The van der Waals surface area contributed by atoms with Crippen LogP contribution in [0.3, 0.4) is 0 Å². The minimum atomic E-state index is -1.69. The van der Waals surface area contributed by atoms with Crippen LogP contribution in [0.1, 0.15) is 0 Å². The molecule has 0 saturated heterocycles. The average molecular weight is 228 g/mol. The maximum atomic E-state index is 11.3. The summed E-state index contributed by atoms with van der Waals surface area (Å²) in [4.78, 5) is 0. The maximum Gasteiger partial charge on any atom is 1.00 e. The summed E-state index contributed by atoms with van der Waals surface area (Å²) in [5.41, 5.74) is 0. The van der Waals surface area contributed by atoms with Gasteiger partial charge in [-0.3, -0.25) is 0 Å². The molecule has 1 unspecified atom stereocenters. The van der Waals surface area contributed by atoms with Crippen LogP contribution in [-0.2, 0) is 8.85 Å². The molecule has 1 atom stereocenters. The molecular weight excluding hydrogens is 207 g/mol. The Bertz CT molecular complexity index is 154. The van der Waals surface area contributed by atoms with E-state index in [4.69, 9.17) is 8.85 Å². The standard InChI is InChI=1S/C8H21O3Si2.Li/c1-12(2,3)10-7-8(9)11-13(4,5)6;/h8H,7H2,1-6H3;/q-1;+1. The summed E-state index contributed by atoms with van der Waals surface area (Å²) in [7, 11) is -3.25. The molecule has 0 aromatic heterocycles. The van der Waals surface area contributed by atoms with Crippen molar-refractivity contribution in [3.8, 4) is 0 Å². The Labute approximate surface area is 102 Å². The number of hydrogen-bond acceptors (Lipinski definition) is 3. The molecule has 0 aliphatic carbocycles. The van der Waals surface area contributed by atoms with Gasteiger partial charge in [0.2, 0.25) is 0 Å². The van der Waals surface area contributed by atoms with Crippen molar-refractivity contribution in [2.45, 2.75) is 45.6 Å². The third kappa shape index (κ3) is 12.9. The van der Waals surface area contributed by atoms with Gasteiger partial charge in [-0.25, -0.2) is 0 Å². The molecule has 0 spiro atoms. The van der Waals surface area contributed by atoms with Crippen molar-refractivity contribution >= 4 is 16.6 Å². The zero-order valence-corrected chi connectivity index (χ0v) is 12.5. The topological polar surface area (TPSA) is 41.5 Å². The fraction of sp³-hybridized carbons (Fsp3) is 1.00. The number of rotatable bonds is 5. The van der Waals surface area contributed by atoms with Gasteiger partial charge < -0.3 is 14.0 Å². The second kappa shape index (κ2) is 6.48. The Kier molecular flexibility index (Phi) is 8.02. The van der Waals surface area contributed by atoms with Gasteiger partial charge in [-0.2, -0.15) is 0 Å². The largest absolute Gasteiger partial charge is 1.00 e. The second-order valence-electron chi connectivity index (χ2n) is 5.08. The molecule has 0 bridgehead atoms. The number of hydrogen-bond donors (Lipinski definition) is 0. The summed E-state index contributed by atoms with van der Waals surface area (Å²) >= 11 is 0. The summed E-state index contributed by atoms with van der Waals surface area (Å²) < 4.78 is 10.8. The molecule has 0 heterocycles. The van der Waals surface area contributed by atoms with E-state index in [1.807, 2.05) is 19.6 Å².